The molecule has 0 fully saturated rings. The second kappa shape index (κ2) is 3.89. The quantitative estimate of drug-likeness (QED) is 0.695. The molecule has 0 aromatic heterocycles. The lowest BCUT2D eigenvalue weighted by Gasteiger charge is -2.38. The predicted molar refractivity (Wildman–Crippen MR) is 67.8 cm³/mol. The minimum Gasteiger partial charge on any atom is -0.299 e. The standard InChI is InChI=1S/C15H21N/c1-3-16-9-13-6-4-5-12-7-11(2)8-14(10-16)15(12)13/h7-8,13H,3-6,9-10H2,1-2H3. The minimum atomic E-state index is 0.827. The van der Waals surface area contributed by atoms with Crippen LogP contribution in [-0.2, 0) is 13.0 Å². The van der Waals surface area contributed by atoms with Gasteiger partial charge in [-0.1, -0.05) is 24.6 Å². The number of rotatable bonds is 1. The molecule has 0 amide bonds. The summed E-state index contributed by atoms with van der Waals surface area (Å²) in [5.74, 6) is 0.827. The van der Waals surface area contributed by atoms with Gasteiger partial charge in [-0.3, -0.25) is 4.90 Å². The van der Waals surface area contributed by atoms with Crippen LogP contribution < -0.4 is 0 Å². The van der Waals surface area contributed by atoms with E-state index in [4.69, 9.17) is 0 Å². The number of likely N-dealkylation sites (N-methyl/N-ethyl adjacent to an activating group) is 1. The number of benzene rings is 1. The van der Waals surface area contributed by atoms with Crippen LogP contribution in [0.2, 0.25) is 0 Å². The average Bonchev–Trinajstić information content (AvgIpc) is 2.28. The Morgan fingerprint density at radius 3 is 2.94 bits per heavy atom. The lowest BCUT2D eigenvalue weighted by molar-refractivity contribution is 0.231. The molecule has 1 aromatic carbocycles. The van der Waals surface area contributed by atoms with Gasteiger partial charge in [0.2, 0.25) is 0 Å². The molecule has 1 aliphatic carbocycles. The fourth-order valence-electron chi connectivity index (χ4n) is 3.54. The van der Waals surface area contributed by atoms with Gasteiger partial charge in [0.1, 0.15) is 0 Å². The van der Waals surface area contributed by atoms with Gasteiger partial charge in [-0.05, 0) is 55.3 Å². The lowest BCUT2D eigenvalue weighted by Crippen LogP contribution is -2.35. The molecule has 0 saturated heterocycles. The van der Waals surface area contributed by atoms with Gasteiger partial charge >= 0.3 is 0 Å². The van der Waals surface area contributed by atoms with E-state index in [2.05, 4.69) is 30.9 Å². The summed E-state index contributed by atoms with van der Waals surface area (Å²) in [4.78, 5) is 2.60. The van der Waals surface area contributed by atoms with Gasteiger partial charge in [0.25, 0.3) is 0 Å². The molecule has 16 heavy (non-hydrogen) atoms. The van der Waals surface area contributed by atoms with Crippen molar-refractivity contribution in [3.8, 4) is 0 Å². The van der Waals surface area contributed by atoms with Crippen LogP contribution in [-0.4, -0.2) is 18.0 Å². The maximum atomic E-state index is 2.60. The summed E-state index contributed by atoms with van der Waals surface area (Å²) < 4.78 is 0. The number of hydrogen-bond donors (Lipinski definition) is 0. The Hall–Kier alpha value is -0.820. The van der Waals surface area contributed by atoms with Crippen molar-refractivity contribution in [1.29, 1.82) is 0 Å². The summed E-state index contributed by atoms with van der Waals surface area (Å²) in [6, 6.07) is 4.84. The van der Waals surface area contributed by atoms with Gasteiger partial charge in [0.05, 0.1) is 0 Å². The fourth-order valence-corrected chi connectivity index (χ4v) is 3.54. The predicted octanol–water partition coefficient (Wildman–Crippen LogP) is 3.25. The number of nitrogens with zero attached hydrogens (tertiary/aromatic N) is 1. The van der Waals surface area contributed by atoms with Crippen LogP contribution in [0.3, 0.4) is 0 Å². The summed E-state index contributed by atoms with van der Waals surface area (Å²) in [5, 5.41) is 0. The first-order valence-electron chi connectivity index (χ1n) is 6.62. The molecule has 1 atom stereocenters. The van der Waals surface area contributed by atoms with E-state index in [0.29, 0.717) is 0 Å². The van der Waals surface area contributed by atoms with E-state index in [0.717, 1.165) is 5.92 Å². The Bertz CT molecular complexity index is 408. The highest BCUT2D eigenvalue weighted by atomic mass is 15.1. The van der Waals surface area contributed by atoms with Crippen LogP contribution >= 0.6 is 0 Å². The smallest absolute Gasteiger partial charge is 0.0236 e. The molecule has 0 saturated carbocycles. The van der Waals surface area contributed by atoms with Gasteiger partial charge in [-0.25, -0.2) is 0 Å². The zero-order valence-electron chi connectivity index (χ0n) is 10.4. The summed E-state index contributed by atoms with van der Waals surface area (Å²) in [6.07, 6.45) is 4.10. The molecule has 0 spiro atoms. The van der Waals surface area contributed by atoms with Crippen molar-refractivity contribution in [2.75, 3.05) is 13.1 Å². The molecule has 1 heterocycles. The van der Waals surface area contributed by atoms with Gasteiger partial charge in [0.15, 0.2) is 0 Å². The largest absolute Gasteiger partial charge is 0.299 e. The lowest BCUT2D eigenvalue weighted by atomic mass is 9.77. The van der Waals surface area contributed by atoms with Crippen LogP contribution in [0.1, 0.15) is 47.9 Å². The Balaban J connectivity index is 2.09. The van der Waals surface area contributed by atoms with Crippen molar-refractivity contribution in [3.05, 3.63) is 34.4 Å². The summed E-state index contributed by atoms with van der Waals surface area (Å²) >= 11 is 0. The molecule has 1 heteroatoms. The third kappa shape index (κ3) is 1.58. The first-order valence-corrected chi connectivity index (χ1v) is 6.62. The second-order valence-electron chi connectivity index (χ2n) is 5.41. The summed E-state index contributed by atoms with van der Waals surface area (Å²) in [6.45, 7) is 8.19. The highest BCUT2D eigenvalue weighted by molar-refractivity contribution is 5.44. The first-order chi connectivity index (χ1) is 7.78. The van der Waals surface area contributed by atoms with Crippen LogP contribution in [0.5, 0.6) is 0 Å². The number of aryl methyl sites for hydroxylation is 2. The van der Waals surface area contributed by atoms with Crippen molar-refractivity contribution in [2.24, 2.45) is 0 Å². The van der Waals surface area contributed by atoms with Gasteiger partial charge in [-0.2, -0.15) is 0 Å². The maximum absolute atomic E-state index is 2.60. The molecule has 1 aliphatic heterocycles. The molecule has 1 aromatic rings. The van der Waals surface area contributed by atoms with Gasteiger partial charge in [0, 0.05) is 13.1 Å². The van der Waals surface area contributed by atoms with Crippen LogP contribution in [0.4, 0.5) is 0 Å². The fraction of sp³-hybridized carbons (Fsp3) is 0.600. The first kappa shape index (κ1) is 10.3. The Morgan fingerprint density at radius 2 is 2.12 bits per heavy atom. The third-order valence-corrected chi connectivity index (χ3v) is 4.22. The molecule has 3 rings (SSSR count). The van der Waals surface area contributed by atoms with Crippen molar-refractivity contribution in [2.45, 2.75) is 45.6 Å². The highest BCUT2D eigenvalue weighted by Gasteiger charge is 2.29. The zero-order chi connectivity index (χ0) is 11.1. The van der Waals surface area contributed by atoms with Gasteiger partial charge < -0.3 is 0 Å². The number of hydrogen-bond acceptors (Lipinski definition) is 1. The second-order valence-corrected chi connectivity index (χ2v) is 5.41. The minimum absolute atomic E-state index is 0.827. The van der Waals surface area contributed by atoms with Crippen LogP contribution in [0.15, 0.2) is 12.1 Å². The monoisotopic (exact) mass is 215 g/mol. The van der Waals surface area contributed by atoms with Crippen molar-refractivity contribution in [1.82, 2.24) is 4.90 Å². The SMILES string of the molecule is CCN1Cc2cc(C)cc3c2C(CCC3)C1. The normalized spacial score (nSPS) is 24.2. The summed E-state index contributed by atoms with van der Waals surface area (Å²) in [7, 11) is 0. The molecular weight excluding hydrogens is 194 g/mol. The molecule has 1 unspecified atom stereocenters. The molecule has 0 radical (unpaired) electrons. The van der Waals surface area contributed by atoms with E-state index >= 15 is 0 Å². The van der Waals surface area contributed by atoms with Gasteiger partial charge in [-0.15, -0.1) is 0 Å². The Kier molecular flexibility index (Phi) is 2.51. The summed E-state index contributed by atoms with van der Waals surface area (Å²) in [5.41, 5.74) is 6.45. The van der Waals surface area contributed by atoms with E-state index < -0.39 is 0 Å². The molecule has 0 bridgehead atoms. The molecule has 2 aliphatic rings. The van der Waals surface area contributed by atoms with Crippen molar-refractivity contribution < 1.29 is 0 Å². The van der Waals surface area contributed by atoms with E-state index in [1.807, 2.05) is 0 Å². The molecule has 0 N–H and O–H groups in total. The van der Waals surface area contributed by atoms with Crippen molar-refractivity contribution >= 4 is 0 Å². The maximum Gasteiger partial charge on any atom is 0.0236 e. The molecule has 1 nitrogen and oxygen atoms in total. The van der Waals surface area contributed by atoms with E-state index in [9.17, 15) is 0 Å². The van der Waals surface area contributed by atoms with Crippen LogP contribution in [0.25, 0.3) is 0 Å². The van der Waals surface area contributed by atoms with E-state index in [1.165, 1.54) is 44.5 Å². The van der Waals surface area contributed by atoms with E-state index in [-0.39, 0.29) is 0 Å². The zero-order valence-corrected chi connectivity index (χ0v) is 10.4. The Morgan fingerprint density at radius 1 is 1.31 bits per heavy atom. The average molecular weight is 215 g/mol. The highest BCUT2D eigenvalue weighted by Crippen LogP contribution is 2.39. The van der Waals surface area contributed by atoms with Crippen molar-refractivity contribution in [3.63, 3.8) is 0 Å². The van der Waals surface area contributed by atoms with Crippen LogP contribution in [0, 0.1) is 6.92 Å². The van der Waals surface area contributed by atoms with E-state index in [1.54, 1.807) is 16.7 Å². The third-order valence-electron chi connectivity index (χ3n) is 4.22. The molecular formula is C15H21N. The molecule has 86 valence electrons. The topological polar surface area (TPSA) is 3.24 Å². The Labute approximate surface area is 98.5 Å².